The van der Waals surface area contributed by atoms with Crippen molar-refractivity contribution in [1.29, 1.82) is 0 Å². The van der Waals surface area contributed by atoms with Gasteiger partial charge in [-0.1, -0.05) is 49.1 Å². The predicted octanol–water partition coefficient (Wildman–Crippen LogP) is 2.76. The van der Waals surface area contributed by atoms with Crippen molar-refractivity contribution < 1.29 is 0 Å². The Bertz CT molecular complexity index is 422. The first-order chi connectivity index (χ1) is 9.36. The van der Waals surface area contributed by atoms with Crippen LogP contribution in [0.15, 0.2) is 24.3 Å². The van der Waals surface area contributed by atoms with Gasteiger partial charge >= 0.3 is 0 Å². The molecule has 3 heteroatoms. The van der Waals surface area contributed by atoms with E-state index in [0.717, 1.165) is 12.6 Å². The largest absolute Gasteiger partial charge is 0.302 e. The van der Waals surface area contributed by atoms with Gasteiger partial charge in [0.2, 0.25) is 0 Å². The van der Waals surface area contributed by atoms with Crippen molar-refractivity contribution in [3.8, 4) is 0 Å². The summed E-state index contributed by atoms with van der Waals surface area (Å²) in [6.07, 6.45) is 2.72. The second-order valence-corrected chi connectivity index (χ2v) is 12.5. The van der Waals surface area contributed by atoms with E-state index in [0.29, 0.717) is 0 Å². The standard InChI is InChI=1S/C17H30N2Si/c1-18(14-16-7-6-12-19(16)2)13-15-8-10-17(11-9-15)20(3,4)5/h8-11,16H,6-7,12-14H2,1-5H3. The van der Waals surface area contributed by atoms with Gasteiger partial charge in [-0.3, -0.25) is 0 Å². The molecule has 0 aliphatic carbocycles. The highest BCUT2D eigenvalue weighted by molar-refractivity contribution is 6.88. The molecular formula is C17H30N2Si. The Morgan fingerprint density at radius 2 is 1.85 bits per heavy atom. The summed E-state index contributed by atoms with van der Waals surface area (Å²) in [6.45, 7) is 10.7. The first-order valence-electron chi connectivity index (χ1n) is 7.84. The Labute approximate surface area is 125 Å². The summed E-state index contributed by atoms with van der Waals surface area (Å²) < 4.78 is 0. The molecular weight excluding hydrogens is 260 g/mol. The zero-order chi connectivity index (χ0) is 14.8. The van der Waals surface area contributed by atoms with Crippen LogP contribution in [0.3, 0.4) is 0 Å². The van der Waals surface area contributed by atoms with E-state index in [-0.39, 0.29) is 0 Å². The zero-order valence-electron chi connectivity index (χ0n) is 13.8. The van der Waals surface area contributed by atoms with Crippen LogP contribution in [0.1, 0.15) is 18.4 Å². The van der Waals surface area contributed by atoms with Gasteiger partial charge in [-0.25, -0.2) is 0 Å². The van der Waals surface area contributed by atoms with Gasteiger partial charge in [0.25, 0.3) is 0 Å². The summed E-state index contributed by atoms with van der Waals surface area (Å²) in [5.41, 5.74) is 1.44. The summed E-state index contributed by atoms with van der Waals surface area (Å²) in [4.78, 5) is 4.97. The molecule has 0 amide bonds. The Kier molecular flexibility index (Phi) is 5.05. The fraction of sp³-hybridized carbons (Fsp3) is 0.647. The average molecular weight is 291 g/mol. The predicted molar refractivity (Wildman–Crippen MR) is 91.4 cm³/mol. The van der Waals surface area contributed by atoms with Crippen LogP contribution in [-0.2, 0) is 6.54 Å². The van der Waals surface area contributed by atoms with Crippen LogP contribution >= 0.6 is 0 Å². The van der Waals surface area contributed by atoms with Crippen LogP contribution in [0, 0.1) is 0 Å². The summed E-state index contributed by atoms with van der Waals surface area (Å²) in [6, 6.07) is 10.1. The lowest BCUT2D eigenvalue weighted by atomic mass is 10.2. The van der Waals surface area contributed by atoms with Gasteiger partial charge in [0.05, 0.1) is 8.07 Å². The average Bonchev–Trinajstić information content (AvgIpc) is 2.74. The lowest BCUT2D eigenvalue weighted by molar-refractivity contribution is 0.215. The smallest absolute Gasteiger partial charge is 0.0775 e. The van der Waals surface area contributed by atoms with E-state index in [4.69, 9.17) is 0 Å². The minimum atomic E-state index is -1.16. The van der Waals surface area contributed by atoms with Gasteiger partial charge in [0.1, 0.15) is 0 Å². The molecule has 0 radical (unpaired) electrons. The van der Waals surface area contributed by atoms with Gasteiger partial charge in [0.15, 0.2) is 0 Å². The molecule has 1 saturated heterocycles. The molecule has 0 N–H and O–H groups in total. The molecule has 1 unspecified atom stereocenters. The van der Waals surface area contributed by atoms with E-state index in [2.05, 4.69) is 67.8 Å². The highest BCUT2D eigenvalue weighted by Crippen LogP contribution is 2.16. The number of hydrogen-bond acceptors (Lipinski definition) is 2. The lowest BCUT2D eigenvalue weighted by Crippen LogP contribution is -2.38. The molecule has 0 aromatic heterocycles. The van der Waals surface area contributed by atoms with Crippen LogP contribution in [0.4, 0.5) is 0 Å². The fourth-order valence-electron chi connectivity index (χ4n) is 3.06. The quantitative estimate of drug-likeness (QED) is 0.770. The molecule has 112 valence electrons. The number of benzene rings is 1. The van der Waals surface area contributed by atoms with E-state index in [1.165, 1.54) is 31.5 Å². The number of nitrogens with zero attached hydrogens (tertiary/aromatic N) is 2. The van der Waals surface area contributed by atoms with Crippen molar-refractivity contribution in [2.24, 2.45) is 0 Å². The van der Waals surface area contributed by atoms with Crippen molar-refractivity contribution in [1.82, 2.24) is 9.80 Å². The van der Waals surface area contributed by atoms with Gasteiger partial charge in [-0.05, 0) is 39.0 Å². The van der Waals surface area contributed by atoms with Gasteiger partial charge in [0, 0.05) is 19.1 Å². The molecule has 2 nitrogen and oxygen atoms in total. The van der Waals surface area contributed by atoms with Crippen LogP contribution in [0.25, 0.3) is 0 Å². The number of likely N-dealkylation sites (tertiary alicyclic amines) is 1. The molecule has 1 heterocycles. The maximum atomic E-state index is 2.50. The summed E-state index contributed by atoms with van der Waals surface area (Å²) >= 11 is 0. The zero-order valence-corrected chi connectivity index (χ0v) is 14.8. The molecule has 1 atom stereocenters. The molecule has 20 heavy (non-hydrogen) atoms. The highest BCUT2D eigenvalue weighted by atomic mass is 28.3. The fourth-order valence-corrected chi connectivity index (χ4v) is 4.22. The Morgan fingerprint density at radius 3 is 2.35 bits per heavy atom. The maximum absolute atomic E-state index is 2.50. The van der Waals surface area contributed by atoms with E-state index >= 15 is 0 Å². The van der Waals surface area contributed by atoms with E-state index in [1.807, 2.05) is 0 Å². The van der Waals surface area contributed by atoms with E-state index < -0.39 is 8.07 Å². The number of hydrogen-bond donors (Lipinski definition) is 0. The molecule has 2 rings (SSSR count). The van der Waals surface area contributed by atoms with E-state index in [9.17, 15) is 0 Å². The molecule has 1 fully saturated rings. The van der Waals surface area contributed by atoms with Gasteiger partial charge in [-0.15, -0.1) is 0 Å². The molecule has 0 spiro atoms. The Hall–Kier alpha value is -0.643. The van der Waals surface area contributed by atoms with Crippen molar-refractivity contribution in [2.75, 3.05) is 27.2 Å². The van der Waals surface area contributed by atoms with Crippen LogP contribution in [0.2, 0.25) is 19.6 Å². The minimum absolute atomic E-state index is 0.751. The van der Waals surface area contributed by atoms with Crippen molar-refractivity contribution in [2.45, 2.75) is 45.1 Å². The molecule has 1 aliphatic rings. The molecule has 1 aromatic carbocycles. The topological polar surface area (TPSA) is 6.48 Å². The maximum Gasteiger partial charge on any atom is 0.0775 e. The summed E-state index contributed by atoms with van der Waals surface area (Å²) in [7, 11) is 3.35. The first-order valence-corrected chi connectivity index (χ1v) is 11.3. The third-order valence-corrected chi connectivity index (χ3v) is 6.53. The van der Waals surface area contributed by atoms with E-state index in [1.54, 1.807) is 5.19 Å². The monoisotopic (exact) mass is 290 g/mol. The molecule has 0 bridgehead atoms. The molecule has 0 saturated carbocycles. The minimum Gasteiger partial charge on any atom is -0.302 e. The van der Waals surface area contributed by atoms with Crippen LogP contribution in [0.5, 0.6) is 0 Å². The number of likely N-dealkylation sites (N-methyl/N-ethyl adjacent to an activating group) is 2. The first kappa shape index (κ1) is 15.7. The van der Waals surface area contributed by atoms with Gasteiger partial charge in [-0.2, -0.15) is 0 Å². The third-order valence-electron chi connectivity index (χ3n) is 4.47. The second kappa shape index (κ2) is 6.42. The lowest BCUT2D eigenvalue weighted by Gasteiger charge is -2.26. The molecule has 1 aromatic rings. The SMILES string of the molecule is CN(Cc1ccc([Si](C)(C)C)cc1)CC1CCCN1C. The number of rotatable bonds is 5. The van der Waals surface area contributed by atoms with Crippen LogP contribution < -0.4 is 5.19 Å². The Morgan fingerprint density at radius 1 is 1.20 bits per heavy atom. The third kappa shape index (κ3) is 4.17. The Balaban J connectivity index is 1.89. The van der Waals surface area contributed by atoms with Crippen molar-refractivity contribution in [3.05, 3.63) is 29.8 Å². The summed E-state index contributed by atoms with van der Waals surface area (Å²) in [5.74, 6) is 0. The summed E-state index contributed by atoms with van der Waals surface area (Å²) in [5, 5.41) is 1.56. The molecule has 1 aliphatic heterocycles. The van der Waals surface area contributed by atoms with Gasteiger partial charge < -0.3 is 9.80 Å². The highest BCUT2D eigenvalue weighted by Gasteiger charge is 2.22. The van der Waals surface area contributed by atoms with Crippen molar-refractivity contribution in [3.63, 3.8) is 0 Å². The second-order valence-electron chi connectivity index (χ2n) is 7.42. The van der Waals surface area contributed by atoms with Crippen LogP contribution in [-0.4, -0.2) is 51.1 Å². The normalized spacial score (nSPS) is 20.8. The van der Waals surface area contributed by atoms with Crippen molar-refractivity contribution >= 4 is 13.3 Å².